The molecule has 1 atom stereocenters. The summed E-state index contributed by atoms with van der Waals surface area (Å²) < 4.78 is 1.89. The SMILES string of the molecule is CC(O)CCNCCc1ccnn1C. The Bertz CT molecular complexity index is 258. The maximum absolute atomic E-state index is 9.03. The molecule has 0 aromatic carbocycles. The number of aliphatic hydroxyl groups excluding tert-OH is 1. The lowest BCUT2D eigenvalue weighted by Crippen LogP contribution is -2.22. The maximum Gasteiger partial charge on any atom is 0.0524 e. The summed E-state index contributed by atoms with van der Waals surface area (Å²) in [5.74, 6) is 0. The van der Waals surface area contributed by atoms with Crippen LogP contribution in [0.4, 0.5) is 0 Å². The van der Waals surface area contributed by atoms with E-state index < -0.39 is 0 Å². The summed E-state index contributed by atoms with van der Waals surface area (Å²) >= 11 is 0. The first kappa shape index (κ1) is 11.2. The number of aryl methyl sites for hydroxylation is 1. The third kappa shape index (κ3) is 3.89. The van der Waals surface area contributed by atoms with E-state index in [2.05, 4.69) is 10.4 Å². The molecule has 0 aliphatic carbocycles. The molecule has 0 bridgehead atoms. The molecule has 1 rings (SSSR count). The standard InChI is InChI=1S/C10H19N3O/c1-9(14)3-6-11-7-4-10-5-8-12-13(10)2/h5,8-9,11,14H,3-4,6-7H2,1-2H3. The van der Waals surface area contributed by atoms with E-state index in [-0.39, 0.29) is 6.10 Å². The van der Waals surface area contributed by atoms with Crippen molar-refractivity contribution in [1.29, 1.82) is 0 Å². The van der Waals surface area contributed by atoms with Crippen molar-refractivity contribution in [3.05, 3.63) is 18.0 Å². The first-order chi connectivity index (χ1) is 6.70. The van der Waals surface area contributed by atoms with E-state index in [1.807, 2.05) is 30.9 Å². The van der Waals surface area contributed by atoms with Crippen LogP contribution in [0.25, 0.3) is 0 Å². The summed E-state index contributed by atoms with van der Waals surface area (Å²) in [6.07, 6.45) is 3.39. The Morgan fingerprint density at radius 2 is 2.36 bits per heavy atom. The van der Waals surface area contributed by atoms with Crippen molar-refractivity contribution in [2.75, 3.05) is 13.1 Å². The predicted octanol–water partition coefficient (Wildman–Crippen LogP) is 0.323. The highest BCUT2D eigenvalue weighted by Gasteiger charge is 1.98. The largest absolute Gasteiger partial charge is 0.393 e. The molecule has 0 amide bonds. The van der Waals surface area contributed by atoms with Crippen molar-refractivity contribution < 1.29 is 5.11 Å². The summed E-state index contributed by atoms with van der Waals surface area (Å²) in [7, 11) is 1.95. The van der Waals surface area contributed by atoms with Crippen LogP contribution in [0.3, 0.4) is 0 Å². The highest BCUT2D eigenvalue weighted by atomic mass is 16.3. The van der Waals surface area contributed by atoms with E-state index in [1.54, 1.807) is 0 Å². The fourth-order valence-corrected chi connectivity index (χ4v) is 1.30. The van der Waals surface area contributed by atoms with Crippen molar-refractivity contribution in [2.24, 2.45) is 7.05 Å². The van der Waals surface area contributed by atoms with Gasteiger partial charge in [-0.2, -0.15) is 5.10 Å². The van der Waals surface area contributed by atoms with Crippen molar-refractivity contribution in [2.45, 2.75) is 25.9 Å². The average Bonchev–Trinajstić information content (AvgIpc) is 2.51. The molecule has 1 unspecified atom stereocenters. The number of rotatable bonds is 6. The van der Waals surface area contributed by atoms with E-state index in [0.29, 0.717) is 0 Å². The van der Waals surface area contributed by atoms with Gasteiger partial charge >= 0.3 is 0 Å². The Kier molecular flexibility index (Phi) is 4.62. The Hall–Kier alpha value is -0.870. The monoisotopic (exact) mass is 197 g/mol. The van der Waals surface area contributed by atoms with Crippen LogP contribution in [-0.4, -0.2) is 34.1 Å². The van der Waals surface area contributed by atoms with Crippen LogP contribution in [-0.2, 0) is 13.5 Å². The molecular weight excluding hydrogens is 178 g/mol. The molecular formula is C10H19N3O. The third-order valence-corrected chi connectivity index (χ3v) is 2.22. The predicted molar refractivity (Wildman–Crippen MR) is 56.1 cm³/mol. The first-order valence-corrected chi connectivity index (χ1v) is 5.06. The van der Waals surface area contributed by atoms with Gasteiger partial charge in [0.25, 0.3) is 0 Å². The minimum Gasteiger partial charge on any atom is -0.393 e. The molecule has 0 spiro atoms. The van der Waals surface area contributed by atoms with Gasteiger partial charge in [-0.25, -0.2) is 0 Å². The van der Waals surface area contributed by atoms with Gasteiger partial charge in [-0.1, -0.05) is 0 Å². The second-order valence-electron chi connectivity index (χ2n) is 3.58. The van der Waals surface area contributed by atoms with E-state index in [4.69, 9.17) is 5.11 Å². The second kappa shape index (κ2) is 5.78. The topological polar surface area (TPSA) is 50.1 Å². The number of nitrogens with zero attached hydrogens (tertiary/aromatic N) is 2. The molecule has 0 radical (unpaired) electrons. The van der Waals surface area contributed by atoms with Crippen LogP contribution < -0.4 is 5.32 Å². The van der Waals surface area contributed by atoms with Crippen molar-refractivity contribution in [3.63, 3.8) is 0 Å². The van der Waals surface area contributed by atoms with Crippen molar-refractivity contribution >= 4 is 0 Å². The number of nitrogens with one attached hydrogen (secondary N) is 1. The van der Waals surface area contributed by atoms with Gasteiger partial charge in [-0.15, -0.1) is 0 Å². The molecule has 80 valence electrons. The van der Waals surface area contributed by atoms with Gasteiger partial charge in [0.15, 0.2) is 0 Å². The van der Waals surface area contributed by atoms with E-state index in [1.165, 1.54) is 5.69 Å². The Labute approximate surface area is 84.9 Å². The van der Waals surface area contributed by atoms with Gasteiger partial charge in [0.1, 0.15) is 0 Å². The van der Waals surface area contributed by atoms with Gasteiger partial charge in [-0.3, -0.25) is 4.68 Å². The highest BCUT2D eigenvalue weighted by Crippen LogP contribution is 1.96. The number of aliphatic hydroxyl groups is 1. The zero-order chi connectivity index (χ0) is 10.4. The molecule has 1 aromatic rings. The Morgan fingerprint density at radius 1 is 1.57 bits per heavy atom. The average molecular weight is 197 g/mol. The third-order valence-electron chi connectivity index (χ3n) is 2.22. The summed E-state index contributed by atoms with van der Waals surface area (Å²) in [5.41, 5.74) is 1.23. The van der Waals surface area contributed by atoms with Crippen molar-refractivity contribution in [3.8, 4) is 0 Å². The van der Waals surface area contributed by atoms with Crippen LogP contribution in [0.15, 0.2) is 12.3 Å². The normalized spacial score (nSPS) is 13.1. The molecule has 0 saturated carbocycles. The minimum absolute atomic E-state index is 0.209. The van der Waals surface area contributed by atoms with Crippen LogP contribution in [0.1, 0.15) is 19.0 Å². The Morgan fingerprint density at radius 3 is 2.93 bits per heavy atom. The lowest BCUT2D eigenvalue weighted by atomic mass is 10.2. The molecule has 0 aliphatic heterocycles. The zero-order valence-electron chi connectivity index (χ0n) is 8.90. The summed E-state index contributed by atoms with van der Waals surface area (Å²) in [5, 5.41) is 16.4. The molecule has 0 saturated heterocycles. The van der Waals surface area contributed by atoms with Gasteiger partial charge < -0.3 is 10.4 Å². The zero-order valence-corrected chi connectivity index (χ0v) is 8.90. The van der Waals surface area contributed by atoms with Gasteiger partial charge in [0, 0.05) is 31.9 Å². The fraction of sp³-hybridized carbons (Fsp3) is 0.700. The molecule has 0 fully saturated rings. The number of hydrogen-bond donors (Lipinski definition) is 2. The Balaban J connectivity index is 2.08. The number of hydrogen-bond acceptors (Lipinski definition) is 3. The molecule has 1 heterocycles. The van der Waals surface area contributed by atoms with Crippen LogP contribution in [0.5, 0.6) is 0 Å². The molecule has 0 aliphatic rings. The summed E-state index contributed by atoms with van der Waals surface area (Å²) in [4.78, 5) is 0. The van der Waals surface area contributed by atoms with Crippen LogP contribution >= 0.6 is 0 Å². The second-order valence-corrected chi connectivity index (χ2v) is 3.58. The lowest BCUT2D eigenvalue weighted by molar-refractivity contribution is 0.184. The maximum atomic E-state index is 9.03. The van der Waals surface area contributed by atoms with E-state index >= 15 is 0 Å². The van der Waals surface area contributed by atoms with E-state index in [0.717, 1.165) is 25.9 Å². The fourth-order valence-electron chi connectivity index (χ4n) is 1.30. The quantitative estimate of drug-likeness (QED) is 0.646. The highest BCUT2D eigenvalue weighted by molar-refractivity contribution is 5.00. The van der Waals surface area contributed by atoms with E-state index in [9.17, 15) is 0 Å². The minimum atomic E-state index is -0.209. The molecule has 4 heteroatoms. The lowest BCUT2D eigenvalue weighted by Gasteiger charge is -2.06. The van der Waals surface area contributed by atoms with Crippen LogP contribution in [0, 0.1) is 0 Å². The smallest absolute Gasteiger partial charge is 0.0524 e. The summed E-state index contributed by atoms with van der Waals surface area (Å²) in [6, 6.07) is 2.02. The molecule has 2 N–H and O–H groups in total. The molecule has 14 heavy (non-hydrogen) atoms. The van der Waals surface area contributed by atoms with Gasteiger partial charge in [0.2, 0.25) is 0 Å². The summed E-state index contributed by atoms with van der Waals surface area (Å²) in [6.45, 7) is 3.62. The van der Waals surface area contributed by atoms with Gasteiger partial charge in [-0.05, 0) is 26.0 Å². The number of aromatic nitrogens is 2. The van der Waals surface area contributed by atoms with Gasteiger partial charge in [0.05, 0.1) is 6.10 Å². The van der Waals surface area contributed by atoms with Crippen LogP contribution in [0.2, 0.25) is 0 Å². The molecule has 1 aromatic heterocycles. The van der Waals surface area contributed by atoms with Crippen molar-refractivity contribution in [1.82, 2.24) is 15.1 Å². The first-order valence-electron chi connectivity index (χ1n) is 5.06. The molecule has 4 nitrogen and oxygen atoms in total.